The van der Waals surface area contributed by atoms with Crippen LogP contribution in [0.25, 0.3) is 27.6 Å². The number of amides is 1. The molecule has 9 nitrogen and oxygen atoms in total. The summed E-state index contributed by atoms with van der Waals surface area (Å²) in [4.78, 5) is 19.3. The standard InChI is InChI=1S/C21H23FN8O/c1-10-14(22)7-15-13(8-26-28-15)18(10)30-19(23)17(20(24)31)12-3-4-16(27-21(12)30)29-6-5-11(9-29)25-2/h3-4,7-8,11,25H,5-6,9,23H2,1-2H3,(H2,24,31)(H,26,28)/t11-/m1/s1. The fourth-order valence-electron chi connectivity index (χ4n) is 4.47. The number of anilines is 2. The van der Waals surface area contributed by atoms with Crippen molar-refractivity contribution in [3.05, 3.63) is 41.3 Å². The van der Waals surface area contributed by atoms with Gasteiger partial charge in [-0.3, -0.25) is 14.5 Å². The van der Waals surface area contributed by atoms with Gasteiger partial charge in [0, 0.05) is 35.5 Å². The molecule has 4 aromatic rings. The molecule has 5 rings (SSSR count). The number of aromatic amines is 1. The van der Waals surface area contributed by atoms with Crippen molar-refractivity contribution in [2.75, 3.05) is 30.8 Å². The van der Waals surface area contributed by atoms with Gasteiger partial charge in [-0.05, 0) is 38.6 Å². The number of H-pyrrole nitrogens is 1. The highest BCUT2D eigenvalue weighted by molar-refractivity contribution is 6.11. The highest BCUT2D eigenvalue weighted by atomic mass is 19.1. The number of primary amides is 1. The molecule has 1 atom stereocenters. The number of carbonyl (C=O) groups excluding carboxylic acids is 1. The second-order valence-electron chi connectivity index (χ2n) is 7.88. The van der Waals surface area contributed by atoms with Gasteiger partial charge in [-0.1, -0.05) is 0 Å². The number of halogens is 1. The Morgan fingerprint density at radius 1 is 1.35 bits per heavy atom. The number of hydrogen-bond acceptors (Lipinski definition) is 6. The fraction of sp³-hybridized carbons (Fsp3) is 0.286. The first-order valence-corrected chi connectivity index (χ1v) is 10.1. The van der Waals surface area contributed by atoms with Crippen LogP contribution in [-0.4, -0.2) is 51.8 Å². The zero-order valence-corrected chi connectivity index (χ0v) is 17.2. The Hall–Kier alpha value is -3.66. The minimum atomic E-state index is -0.662. The summed E-state index contributed by atoms with van der Waals surface area (Å²) in [6.07, 6.45) is 2.61. The fourth-order valence-corrected chi connectivity index (χ4v) is 4.47. The van der Waals surface area contributed by atoms with Crippen molar-refractivity contribution in [1.29, 1.82) is 0 Å². The number of nitrogens with one attached hydrogen (secondary N) is 2. The van der Waals surface area contributed by atoms with Crippen molar-refractivity contribution in [2.24, 2.45) is 5.73 Å². The van der Waals surface area contributed by atoms with Crippen molar-refractivity contribution in [3.63, 3.8) is 0 Å². The zero-order chi connectivity index (χ0) is 21.9. The van der Waals surface area contributed by atoms with Crippen molar-refractivity contribution < 1.29 is 9.18 Å². The molecule has 3 aromatic heterocycles. The molecule has 31 heavy (non-hydrogen) atoms. The van der Waals surface area contributed by atoms with Gasteiger partial charge in [0.25, 0.3) is 5.91 Å². The number of rotatable bonds is 4. The summed E-state index contributed by atoms with van der Waals surface area (Å²) in [5.41, 5.74) is 14.1. The molecule has 1 fully saturated rings. The van der Waals surface area contributed by atoms with E-state index in [0.717, 1.165) is 25.3 Å². The van der Waals surface area contributed by atoms with Crippen LogP contribution in [0.4, 0.5) is 16.0 Å². The second kappa shape index (κ2) is 6.95. The number of carbonyl (C=O) groups is 1. The van der Waals surface area contributed by atoms with Gasteiger partial charge in [-0.2, -0.15) is 5.10 Å². The van der Waals surface area contributed by atoms with Crippen LogP contribution in [0.5, 0.6) is 0 Å². The number of benzene rings is 1. The lowest BCUT2D eigenvalue weighted by Gasteiger charge is -2.18. The maximum atomic E-state index is 14.7. The Morgan fingerprint density at radius 2 is 2.16 bits per heavy atom. The van der Waals surface area contributed by atoms with E-state index >= 15 is 0 Å². The topological polar surface area (TPSA) is 131 Å². The van der Waals surface area contributed by atoms with Gasteiger partial charge in [0.05, 0.1) is 23.0 Å². The van der Waals surface area contributed by atoms with Crippen LogP contribution < -0.4 is 21.7 Å². The van der Waals surface area contributed by atoms with Crippen LogP contribution in [0.15, 0.2) is 24.4 Å². The van der Waals surface area contributed by atoms with Crippen LogP contribution >= 0.6 is 0 Å². The van der Waals surface area contributed by atoms with Crippen molar-refractivity contribution >= 4 is 39.5 Å². The molecule has 160 valence electrons. The first-order valence-electron chi connectivity index (χ1n) is 10.1. The van der Waals surface area contributed by atoms with Crippen molar-refractivity contribution in [2.45, 2.75) is 19.4 Å². The Kier molecular flexibility index (Phi) is 4.33. The van der Waals surface area contributed by atoms with Gasteiger partial charge < -0.3 is 21.7 Å². The lowest BCUT2D eigenvalue weighted by atomic mass is 10.1. The van der Waals surface area contributed by atoms with E-state index in [9.17, 15) is 9.18 Å². The molecular weight excluding hydrogens is 399 g/mol. The normalized spacial score (nSPS) is 16.6. The lowest BCUT2D eigenvalue weighted by Crippen LogP contribution is -2.29. The van der Waals surface area contributed by atoms with E-state index in [1.807, 2.05) is 13.1 Å². The Morgan fingerprint density at radius 3 is 2.87 bits per heavy atom. The number of likely N-dealkylation sites (N-methyl/N-ethyl adjacent to an activating group) is 1. The van der Waals surface area contributed by atoms with E-state index in [1.54, 1.807) is 23.8 Å². The summed E-state index contributed by atoms with van der Waals surface area (Å²) in [6, 6.07) is 5.44. The minimum absolute atomic E-state index is 0.123. The van der Waals surface area contributed by atoms with Crippen LogP contribution in [-0.2, 0) is 0 Å². The molecule has 0 saturated carbocycles. The Labute approximate surface area is 177 Å². The monoisotopic (exact) mass is 422 g/mol. The second-order valence-corrected chi connectivity index (χ2v) is 7.88. The molecular formula is C21H23FN8O. The molecule has 6 N–H and O–H groups in total. The molecule has 0 radical (unpaired) electrons. The van der Waals surface area contributed by atoms with Crippen molar-refractivity contribution in [1.82, 2.24) is 25.1 Å². The molecule has 10 heteroatoms. The quantitative estimate of drug-likeness (QED) is 0.397. The molecule has 0 spiro atoms. The van der Waals surface area contributed by atoms with E-state index in [1.165, 1.54) is 6.07 Å². The third-order valence-corrected chi connectivity index (χ3v) is 6.14. The van der Waals surface area contributed by atoms with Crippen LogP contribution in [0, 0.1) is 12.7 Å². The van der Waals surface area contributed by atoms with E-state index in [-0.39, 0.29) is 11.4 Å². The number of nitrogen functional groups attached to an aromatic ring is 1. The van der Waals surface area contributed by atoms with E-state index in [4.69, 9.17) is 16.5 Å². The number of aromatic nitrogens is 4. The third kappa shape index (κ3) is 2.82. The number of pyridine rings is 1. The van der Waals surface area contributed by atoms with Gasteiger partial charge >= 0.3 is 0 Å². The largest absolute Gasteiger partial charge is 0.384 e. The SMILES string of the molecule is CN[C@@H]1CCN(c2ccc3c(C(N)=O)c(N)n(-c4c(C)c(F)cc5[nH]ncc45)c3n2)C1. The summed E-state index contributed by atoms with van der Waals surface area (Å²) >= 11 is 0. The smallest absolute Gasteiger partial charge is 0.253 e. The summed E-state index contributed by atoms with van der Waals surface area (Å²) in [5, 5.41) is 11.3. The number of nitrogens with two attached hydrogens (primary N) is 2. The third-order valence-electron chi connectivity index (χ3n) is 6.14. The van der Waals surface area contributed by atoms with Gasteiger partial charge in [0.2, 0.25) is 0 Å². The minimum Gasteiger partial charge on any atom is -0.384 e. The van der Waals surface area contributed by atoms with E-state index in [0.29, 0.717) is 39.2 Å². The molecule has 1 aliphatic rings. The van der Waals surface area contributed by atoms with Gasteiger partial charge in [-0.25, -0.2) is 9.37 Å². The van der Waals surface area contributed by atoms with Crippen molar-refractivity contribution in [3.8, 4) is 5.69 Å². The number of fused-ring (bicyclic) bond motifs is 2. The summed E-state index contributed by atoms with van der Waals surface area (Å²) in [6.45, 7) is 3.33. The summed E-state index contributed by atoms with van der Waals surface area (Å²) in [7, 11) is 1.94. The highest BCUT2D eigenvalue weighted by Gasteiger charge is 2.27. The highest BCUT2D eigenvalue weighted by Crippen LogP contribution is 2.36. The van der Waals surface area contributed by atoms with Crippen LogP contribution in [0.3, 0.4) is 0 Å². The van der Waals surface area contributed by atoms with Gasteiger partial charge in [-0.15, -0.1) is 0 Å². The Balaban J connectivity index is 1.81. The van der Waals surface area contributed by atoms with Gasteiger partial charge in [0.1, 0.15) is 23.1 Å². The predicted octanol–water partition coefficient (Wildman–Crippen LogP) is 1.83. The first kappa shape index (κ1) is 19.3. The van der Waals surface area contributed by atoms with E-state index < -0.39 is 11.7 Å². The predicted molar refractivity (Wildman–Crippen MR) is 118 cm³/mol. The zero-order valence-electron chi connectivity index (χ0n) is 17.2. The average Bonchev–Trinajstić information content (AvgIpc) is 3.46. The molecule has 1 aliphatic heterocycles. The summed E-state index contributed by atoms with van der Waals surface area (Å²) < 4.78 is 16.4. The van der Waals surface area contributed by atoms with Gasteiger partial charge in [0.15, 0.2) is 0 Å². The molecule has 1 saturated heterocycles. The number of hydrogen-bond donors (Lipinski definition) is 4. The number of nitrogens with zero attached hydrogens (tertiary/aromatic N) is 4. The van der Waals surface area contributed by atoms with Crippen LogP contribution in [0.2, 0.25) is 0 Å². The van der Waals surface area contributed by atoms with Crippen LogP contribution in [0.1, 0.15) is 22.3 Å². The molecule has 0 aliphatic carbocycles. The summed E-state index contributed by atoms with van der Waals surface area (Å²) in [5.74, 6) is -0.193. The molecule has 1 amide bonds. The molecule has 4 heterocycles. The maximum Gasteiger partial charge on any atom is 0.253 e. The average molecular weight is 422 g/mol. The lowest BCUT2D eigenvalue weighted by molar-refractivity contribution is 0.100. The molecule has 0 bridgehead atoms. The first-order chi connectivity index (χ1) is 14.9. The molecule has 0 unspecified atom stereocenters. The molecule has 1 aromatic carbocycles. The van der Waals surface area contributed by atoms with E-state index in [2.05, 4.69) is 20.4 Å². The maximum absolute atomic E-state index is 14.7. The Bertz CT molecular complexity index is 1340.